The van der Waals surface area contributed by atoms with Gasteiger partial charge in [0.15, 0.2) is 0 Å². The fourth-order valence-electron chi connectivity index (χ4n) is 1.95. The predicted octanol–water partition coefficient (Wildman–Crippen LogP) is 5.06. The maximum absolute atomic E-state index is 11.4. The van der Waals surface area contributed by atoms with E-state index in [9.17, 15) is 4.79 Å². The highest BCUT2D eigenvalue weighted by atomic mass is 32.2. The molecule has 0 rings (SSSR count). The molecule has 0 aliphatic carbocycles. The van der Waals surface area contributed by atoms with Crippen molar-refractivity contribution in [2.45, 2.75) is 72.1 Å². The topological polar surface area (TPSA) is 26.3 Å². The minimum Gasteiger partial charge on any atom is -0.466 e. The van der Waals surface area contributed by atoms with Crippen LogP contribution in [0, 0.1) is 5.92 Å². The summed E-state index contributed by atoms with van der Waals surface area (Å²) in [5.74, 6) is 2.07. The van der Waals surface area contributed by atoms with Crippen LogP contribution in [-0.2, 0) is 9.53 Å². The second kappa shape index (κ2) is 14.2. The number of carbonyl (C=O) groups is 1. The lowest BCUT2D eigenvalue weighted by molar-refractivity contribution is -0.146. The molecule has 0 aromatic carbocycles. The average molecular weight is 288 g/mol. The molecule has 0 aromatic rings. The lowest BCUT2D eigenvalue weighted by Crippen LogP contribution is -2.16. The highest BCUT2D eigenvalue weighted by Gasteiger charge is 2.13. The third kappa shape index (κ3) is 12.6. The first-order valence-electron chi connectivity index (χ1n) is 7.96. The monoisotopic (exact) mass is 288 g/mol. The summed E-state index contributed by atoms with van der Waals surface area (Å²) in [7, 11) is 0. The zero-order valence-corrected chi connectivity index (χ0v) is 13.9. The second-order valence-electron chi connectivity index (χ2n) is 5.20. The molecule has 2 nitrogen and oxygen atoms in total. The molecular formula is C16H32O2S. The molecule has 114 valence electrons. The largest absolute Gasteiger partial charge is 0.466 e. The van der Waals surface area contributed by atoms with E-state index >= 15 is 0 Å². The molecule has 0 N–H and O–H groups in total. The minimum atomic E-state index is -0.0501. The van der Waals surface area contributed by atoms with Crippen molar-refractivity contribution in [2.24, 2.45) is 5.92 Å². The Kier molecular flexibility index (Phi) is 14.1. The highest BCUT2D eigenvalue weighted by molar-refractivity contribution is 7.99. The van der Waals surface area contributed by atoms with Gasteiger partial charge in [0.1, 0.15) is 0 Å². The number of hydrogen-bond acceptors (Lipinski definition) is 3. The van der Waals surface area contributed by atoms with E-state index in [1.165, 1.54) is 57.1 Å². The predicted molar refractivity (Wildman–Crippen MR) is 85.7 cm³/mol. The molecule has 3 heteroatoms. The maximum atomic E-state index is 11.4. The number of thioether (sulfide) groups is 1. The van der Waals surface area contributed by atoms with E-state index in [4.69, 9.17) is 4.74 Å². The molecule has 0 spiro atoms. The second-order valence-corrected chi connectivity index (χ2v) is 6.35. The van der Waals surface area contributed by atoms with Crippen molar-refractivity contribution < 1.29 is 9.53 Å². The van der Waals surface area contributed by atoms with Crippen LogP contribution in [0.3, 0.4) is 0 Å². The fraction of sp³-hybridized carbons (Fsp3) is 0.938. The Morgan fingerprint density at radius 3 is 2.16 bits per heavy atom. The molecule has 0 aromatic heterocycles. The zero-order chi connectivity index (χ0) is 14.3. The van der Waals surface area contributed by atoms with Crippen LogP contribution in [0.2, 0.25) is 0 Å². The van der Waals surface area contributed by atoms with Gasteiger partial charge in [-0.25, -0.2) is 0 Å². The van der Waals surface area contributed by atoms with Crippen molar-refractivity contribution >= 4 is 17.7 Å². The number of rotatable bonds is 13. The van der Waals surface area contributed by atoms with E-state index in [0.29, 0.717) is 6.61 Å². The van der Waals surface area contributed by atoms with Crippen LogP contribution in [0.25, 0.3) is 0 Å². The Balaban J connectivity index is 3.20. The Labute approximate surface area is 124 Å². The lowest BCUT2D eigenvalue weighted by Gasteiger charge is -2.09. The summed E-state index contributed by atoms with van der Waals surface area (Å²) in [6.45, 7) is 6.57. The van der Waals surface area contributed by atoms with Crippen LogP contribution < -0.4 is 0 Å². The summed E-state index contributed by atoms with van der Waals surface area (Å²) < 4.78 is 4.99. The van der Waals surface area contributed by atoms with Gasteiger partial charge in [-0.2, -0.15) is 11.8 Å². The molecule has 0 fully saturated rings. The van der Waals surface area contributed by atoms with Gasteiger partial charge in [-0.05, 0) is 19.1 Å². The average Bonchev–Trinajstić information content (AvgIpc) is 2.41. The highest BCUT2D eigenvalue weighted by Crippen LogP contribution is 2.14. The summed E-state index contributed by atoms with van der Waals surface area (Å²) in [6, 6.07) is 0. The van der Waals surface area contributed by atoms with Crippen molar-refractivity contribution in [2.75, 3.05) is 18.1 Å². The molecule has 0 aliphatic rings. The first-order chi connectivity index (χ1) is 9.22. The Bertz CT molecular complexity index is 207. The van der Waals surface area contributed by atoms with Gasteiger partial charge >= 0.3 is 5.97 Å². The van der Waals surface area contributed by atoms with Crippen molar-refractivity contribution in [3.05, 3.63) is 0 Å². The molecule has 0 heterocycles. The van der Waals surface area contributed by atoms with Crippen molar-refractivity contribution in [1.29, 1.82) is 0 Å². The van der Waals surface area contributed by atoms with Gasteiger partial charge in [-0.3, -0.25) is 4.79 Å². The fourth-order valence-corrected chi connectivity index (χ4v) is 3.02. The van der Waals surface area contributed by atoms with Crippen LogP contribution >= 0.6 is 11.8 Å². The summed E-state index contributed by atoms with van der Waals surface area (Å²) in [5.41, 5.74) is 0. The number of ether oxygens (including phenoxy) is 1. The van der Waals surface area contributed by atoms with Crippen LogP contribution in [0.4, 0.5) is 0 Å². The molecule has 0 radical (unpaired) electrons. The Morgan fingerprint density at radius 1 is 1.00 bits per heavy atom. The van der Waals surface area contributed by atoms with Crippen LogP contribution in [0.15, 0.2) is 0 Å². The number of carbonyl (C=O) groups excluding carboxylic acids is 1. The summed E-state index contributed by atoms with van der Waals surface area (Å²) >= 11 is 1.89. The first-order valence-corrected chi connectivity index (χ1v) is 9.12. The third-order valence-electron chi connectivity index (χ3n) is 3.20. The van der Waals surface area contributed by atoms with Crippen molar-refractivity contribution in [3.63, 3.8) is 0 Å². The molecule has 0 bridgehead atoms. The van der Waals surface area contributed by atoms with Gasteiger partial charge in [-0.1, -0.05) is 58.8 Å². The van der Waals surface area contributed by atoms with Crippen LogP contribution in [0.5, 0.6) is 0 Å². The normalized spacial score (nSPS) is 12.4. The Hall–Kier alpha value is -0.180. The van der Waals surface area contributed by atoms with Gasteiger partial charge in [0.2, 0.25) is 0 Å². The van der Waals surface area contributed by atoms with Gasteiger partial charge in [-0.15, -0.1) is 0 Å². The molecule has 1 atom stereocenters. The molecule has 0 aliphatic heterocycles. The molecule has 0 amide bonds. The first kappa shape index (κ1) is 18.8. The smallest absolute Gasteiger partial charge is 0.309 e. The van der Waals surface area contributed by atoms with Crippen LogP contribution in [-0.4, -0.2) is 24.1 Å². The van der Waals surface area contributed by atoms with E-state index in [-0.39, 0.29) is 11.9 Å². The molecular weight excluding hydrogens is 256 g/mol. The van der Waals surface area contributed by atoms with Crippen LogP contribution in [0.1, 0.15) is 72.1 Å². The SMILES string of the molecule is CCCCCCCCCCSCC(C)C(=O)OCC. The van der Waals surface area contributed by atoms with E-state index in [1.54, 1.807) is 0 Å². The van der Waals surface area contributed by atoms with Crippen molar-refractivity contribution in [3.8, 4) is 0 Å². The number of esters is 1. The maximum Gasteiger partial charge on any atom is 0.309 e. The standard InChI is InChI=1S/C16H32O2S/c1-4-6-7-8-9-10-11-12-13-19-14-15(3)16(17)18-5-2/h15H,4-14H2,1-3H3. The van der Waals surface area contributed by atoms with E-state index in [0.717, 1.165) is 5.75 Å². The van der Waals surface area contributed by atoms with Gasteiger partial charge in [0.05, 0.1) is 12.5 Å². The Morgan fingerprint density at radius 2 is 1.58 bits per heavy atom. The number of unbranched alkanes of at least 4 members (excludes halogenated alkanes) is 7. The summed E-state index contributed by atoms with van der Waals surface area (Å²) in [5, 5.41) is 0. The lowest BCUT2D eigenvalue weighted by atomic mass is 10.1. The summed E-state index contributed by atoms with van der Waals surface area (Å²) in [6.07, 6.45) is 10.9. The molecule has 1 unspecified atom stereocenters. The molecule has 0 saturated heterocycles. The molecule has 0 saturated carbocycles. The van der Waals surface area contributed by atoms with Gasteiger partial charge in [0.25, 0.3) is 0 Å². The van der Waals surface area contributed by atoms with E-state index in [1.807, 2.05) is 25.6 Å². The third-order valence-corrected chi connectivity index (χ3v) is 4.51. The van der Waals surface area contributed by atoms with E-state index < -0.39 is 0 Å². The minimum absolute atomic E-state index is 0.0407. The van der Waals surface area contributed by atoms with E-state index in [2.05, 4.69) is 6.92 Å². The van der Waals surface area contributed by atoms with Gasteiger partial charge < -0.3 is 4.74 Å². The molecule has 19 heavy (non-hydrogen) atoms. The zero-order valence-electron chi connectivity index (χ0n) is 13.1. The number of hydrogen-bond donors (Lipinski definition) is 0. The summed E-state index contributed by atoms with van der Waals surface area (Å²) in [4.78, 5) is 11.4. The van der Waals surface area contributed by atoms with Gasteiger partial charge in [0, 0.05) is 5.75 Å². The quantitative estimate of drug-likeness (QED) is 0.350. The van der Waals surface area contributed by atoms with Crippen molar-refractivity contribution in [1.82, 2.24) is 0 Å².